The van der Waals surface area contributed by atoms with Gasteiger partial charge in [-0.15, -0.1) is 0 Å². The topological polar surface area (TPSA) is 80.8 Å². The highest BCUT2D eigenvalue weighted by molar-refractivity contribution is 6.04. The Morgan fingerprint density at radius 2 is 1.71 bits per heavy atom. The van der Waals surface area contributed by atoms with Gasteiger partial charge in [-0.3, -0.25) is 9.78 Å². The molecule has 148 valence electrons. The molecule has 5 heteroatoms. The van der Waals surface area contributed by atoms with Crippen LogP contribution in [-0.2, 0) is 0 Å². The first-order valence-corrected chi connectivity index (χ1v) is 10.1. The minimum Gasteiger partial charge on any atom is -0.351 e. The number of pyridine rings is 1. The molecule has 5 nitrogen and oxygen atoms in total. The number of anilines is 1. The summed E-state index contributed by atoms with van der Waals surface area (Å²) in [6.07, 6.45) is 7.13. The number of hydrogen-bond donors (Lipinski definition) is 0. The molecule has 1 fully saturated rings. The van der Waals surface area contributed by atoms with E-state index >= 15 is 0 Å². The average Bonchev–Trinajstić information content (AvgIpc) is 3.15. The molecule has 3 heterocycles. The number of nitriles is 2. The second-order valence-corrected chi connectivity index (χ2v) is 7.80. The van der Waals surface area contributed by atoms with E-state index in [1.165, 1.54) is 0 Å². The van der Waals surface area contributed by atoms with Crippen LogP contribution in [0.1, 0.15) is 27.4 Å². The van der Waals surface area contributed by atoms with Crippen LogP contribution in [0.2, 0.25) is 0 Å². The molecule has 3 aromatic rings. The molecule has 0 spiro atoms. The molecule has 2 aliphatic heterocycles. The van der Waals surface area contributed by atoms with Gasteiger partial charge >= 0.3 is 0 Å². The van der Waals surface area contributed by atoms with E-state index in [-0.39, 0.29) is 5.78 Å². The average molecular weight is 402 g/mol. The third-order valence-corrected chi connectivity index (χ3v) is 6.29. The van der Waals surface area contributed by atoms with Crippen LogP contribution in [0.4, 0.5) is 5.69 Å². The van der Waals surface area contributed by atoms with E-state index < -0.39 is 23.4 Å². The lowest BCUT2D eigenvalue weighted by molar-refractivity contribution is 0.0951. The molecule has 31 heavy (non-hydrogen) atoms. The molecule has 2 aliphatic rings. The fraction of sp³-hybridized carbons (Fsp3) is 0.154. The van der Waals surface area contributed by atoms with Gasteiger partial charge in [-0.1, -0.05) is 66.7 Å². The lowest BCUT2D eigenvalue weighted by Crippen LogP contribution is -2.44. The summed E-state index contributed by atoms with van der Waals surface area (Å²) >= 11 is 0. The molecule has 1 aromatic heterocycles. The van der Waals surface area contributed by atoms with Gasteiger partial charge in [-0.05, 0) is 23.3 Å². The minimum atomic E-state index is -1.44. The van der Waals surface area contributed by atoms with Crippen LogP contribution in [0.15, 0.2) is 85.2 Å². The monoisotopic (exact) mass is 402 g/mol. The number of aromatic nitrogens is 1. The molecule has 0 aliphatic carbocycles. The Balaban J connectivity index is 1.79. The summed E-state index contributed by atoms with van der Waals surface area (Å²) in [7, 11) is 0. The zero-order chi connectivity index (χ0) is 21.4. The number of benzene rings is 2. The molecule has 2 aromatic carbocycles. The van der Waals surface area contributed by atoms with Gasteiger partial charge in [0.1, 0.15) is 6.04 Å². The van der Waals surface area contributed by atoms with E-state index in [0.29, 0.717) is 11.1 Å². The van der Waals surface area contributed by atoms with Gasteiger partial charge in [0.25, 0.3) is 0 Å². The second kappa shape index (κ2) is 7.23. The summed E-state index contributed by atoms with van der Waals surface area (Å²) in [5, 5.41) is 20.7. The van der Waals surface area contributed by atoms with Gasteiger partial charge in [0, 0.05) is 29.6 Å². The Bertz CT molecular complexity index is 1240. The maximum atomic E-state index is 13.9. The van der Waals surface area contributed by atoms with Crippen molar-refractivity contribution >= 4 is 17.5 Å². The number of nitrogens with zero attached hydrogens (tertiary/aromatic N) is 4. The summed E-state index contributed by atoms with van der Waals surface area (Å²) < 4.78 is 0. The summed E-state index contributed by atoms with van der Waals surface area (Å²) in [6.45, 7) is 0. The van der Waals surface area contributed by atoms with Gasteiger partial charge in [0.2, 0.25) is 0 Å². The number of rotatable bonds is 3. The zero-order valence-corrected chi connectivity index (χ0v) is 16.6. The standard InChI is InChI=1S/C26H18N4O/c27-16-26(17-28)22-13-12-18-7-4-5-11-21(18)30(22)24(23(26)20-10-6-14-29-15-20)25(31)19-8-2-1-3-9-19/h1-15,22-24H/t22-,23-,24+/m0/s1. The van der Waals surface area contributed by atoms with E-state index in [0.717, 1.165) is 11.3 Å². The van der Waals surface area contributed by atoms with E-state index in [1.807, 2.05) is 65.6 Å². The Kier molecular flexibility index (Phi) is 4.38. The highest BCUT2D eigenvalue weighted by Crippen LogP contribution is 2.55. The summed E-state index contributed by atoms with van der Waals surface area (Å²) in [5.41, 5.74) is 1.63. The first kappa shape index (κ1) is 18.8. The first-order chi connectivity index (χ1) is 15.2. The number of ketones is 1. The van der Waals surface area contributed by atoms with Gasteiger partial charge in [-0.2, -0.15) is 10.5 Å². The number of para-hydroxylation sites is 1. The van der Waals surface area contributed by atoms with Crippen molar-refractivity contribution in [2.45, 2.75) is 18.0 Å². The molecule has 5 rings (SSSR count). The van der Waals surface area contributed by atoms with E-state index in [4.69, 9.17) is 0 Å². The lowest BCUT2D eigenvalue weighted by Gasteiger charge is -2.35. The van der Waals surface area contributed by atoms with E-state index in [2.05, 4.69) is 17.1 Å². The molecule has 0 saturated carbocycles. The van der Waals surface area contributed by atoms with Gasteiger partial charge < -0.3 is 4.90 Å². The Hall–Kier alpha value is -4.22. The van der Waals surface area contributed by atoms with Crippen molar-refractivity contribution in [1.82, 2.24) is 4.98 Å². The normalized spacial score (nSPS) is 22.6. The van der Waals surface area contributed by atoms with Crippen molar-refractivity contribution in [1.29, 1.82) is 10.5 Å². The number of carbonyl (C=O) groups excluding carboxylic acids is 1. The number of fused-ring (bicyclic) bond motifs is 3. The quantitative estimate of drug-likeness (QED) is 0.608. The molecular formula is C26H18N4O. The van der Waals surface area contributed by atoms with Crippen LogP contribution in [-0.4, -0.2) is 22.9 Å². The molecule has 3 atom stereocenters. The Labute approximate surface area is 180 Å². The van der Waals surface area contributed by atoms with Crippen LogP contribution in [0.3, 0.4) is 0 Å². The van der Waals surface area contributed by atoms with Crippen LogP contribution in [0, 0.1) is 28.1 Å². The predicted molar refractivity (Wildman–Crippen MR) is 117 cm³/mol. The van der Waals surface area contributed by atoms with Crippen molar-refractivity contribution < 1.29 is 4.79 Å². The van der Waals surface area contributed by atoms with Crippen LogP contribution in [0.5, 0.6) is 0 Å². The summed E-state index contributed by atoms with van der Waals surface area (Å²) in [5.74, 6) is -0.776. The maximum Gasteiger partial charge on any atom is 0.185 e. The third kappa shape index (κ3) is 2.68. The molecule has 0 radical (unpaired) electrons. The van der Waals surface area contributed by atoms with Gasteiger partial charge in [0.05, 0.1) is 18.2 Å². The maximum absolute atomic E-state index is 13.9. The van der Waals surface area contributed by atoms with Crippen molar-refractivity contribution in [3.63, 3.8) is 0 Å². The van der Waals surface area contributed by atoms with Crippen molar-refractivity contribution in [2.24, 2.45) is 5.41 Å². The van der Waals surface area contributed by atoms with Crippen LogP contribution < -0.4 is 4.90 Å². The van der Waals surface area contributed by atoms with Crippen molar-refractivity contribution in [2.75, 3.05) is 4.90 Å². The van der Waals surface area contributed by atoms with E-state index in [9.17, 15) is 15.3 Å². The largest absolute Gasteiger partial charge is 0.351 e. The predicted octanol–water partition coefficient (Wildman–Crippen LogP) is 4.37. The highest BCUT2D eigenvalue weighted by Gasteiger charge is 2.63. The molecule has 1 saturated heterocycles. The number of carbonyl (C=O) groups is 1. The van der Waals surface area contributed by atoms with Crippen LogP contribution >= 0.6 is 0 Å². The second-order valence-electron chi connectivity index (χ2n) is 7.80. The molecular weight excluding hydrogens is 384 g/mol. The Morgan fingerprint density at radius 3 is 2.42 bits per heavy atom. The molecule has 0 unspecified atom stereocenters. The fourth-order valence-corrected chi connectivity index (χ4v) is 4.94. The first-order valence-electron chi connectivity index (χ1n) is 10.1. The third-order valence-electron chi connectivity index (χ3n) is 6.29. The summed E-state index contributed by atoms with van der Waals surface area (Å²) in [6, 6.07) is 23.8. The van der Waals surface area contributed by atoms with Crippen LogP contribution in [0.25, 0.3) is 6.08 Å². The van der Waals surface area contributed by atoms with E-state index in [1.54, 1.807) is 30.6 Å². The minimum absolute atomic E-state index is 0.114. The van der Waals surface area contributed by atoms with Gasteiger partial charge in [-0.25, -0.2) is 0 Å². The smallest absolute Gasteiger partial charge is 0.185 e. The molecule has 0 N–H and O–H groups in total. The SMILES string of the molecule is N#CC1(C#N)[C@@H]2C=Cc3ccccc3N2[C@@H](C(=O)c2ccccc2)[C@@H]1c1cccnc1. The lowest BCUT2D eigenvalue weighted by atomic mass is 9.69. The van der Waals surface area contributed by atoms with Gasteiger partial charge in [0.15, 0.2) is 11.2 Å². The molecule has 0 amide bonds. The summed E-state index contributed by atoms with van der Waals surface area (Å²) in [4.78, 5) is 20.1. The number of Topliss-reactive ketones (excluding diaryl/α,β-unsaturated/α-hetero) is 1. The fourth-order valence-electron chi connectivity index (χ4n) is 4.94. The Morgan fingerprint density at radius 1 is 0.968 bits per heavy atom. The molecule has 0 bridgehead atoms. The number of hydrogen-bond acceptors (Lipinski definition) is 5. The van der Waals surface area contributed by atoms with Crippen molar-refractivity contribution in [3.8, 4) is 12.1 Å². The highest BCUT2D eigenvalue weighted by atomic mass is 16.1. The van der Waals surface area contributed by atoms with Crippen molar-refractivity contribution in [3.05, 3.63) is 102 Å². The zero-order valence-electron chi connectivity index (χ0n) is 16.6.